The number of thiazole rings is 1. The summed E-state index contributed by atoms with van der Waals surface area (Å²) in [5.41, 5.74) is 3.47. The van der Waals surface area contributed by atoms with E-state index in [1.54, 1.807) is 0 Å². The Labute approximate surface area is 124 Å². The average Bonchev–Trinajstić information content (AvgIpc) is 2.84. The van der Waals surface area contributed by atoms with E-state index < -0.39 is 0 Å². The second-order valence-corrected chi connectivity index (χ2v) is 6.43. The normalized spacial score (nSPS) is 11.1. The van der Waals surface area contributed by atoms with Gasteiger partial charge < -0.3 is 9.84 Å². The molecule has 20 heavy (non-hydrogen) atoms. The number of nitrogens with zero attached hydrogens (tertiary/aromatic N) is 1. The van der Waals surface area contributed by atoms with Gasteiger partial charge in [0.2, 0.25) is 0 Å². The third-order valence-electron chi connectivity index (χ3n) is 3.30. The van der Waals surface area contributed by atoms with Gasteiger partial charge in [0.15, 0.2) is 0 Å². The molecule has 0 unspecified atom stereocenters. The summed E-state index contributed by atoms with van der Waals surface area (Å²) in [6.45, 7) is 8.83. The third-order valence-corrected chi connectivity index (χ3v) is 4.33. The molecule has 3 nitrogen and oxygen atoms in total. The zero-order chi connectivity index (χ0) is 14.7. The minimum Gasteiger partial charge on any atom is -0.486 e. The Morgan fingerprint density at radius 3 is 2.55 bits per heavy atom. The first-order chi connectivity index (χ1) is 9.51. The zero-order valence-corrected chi connectivity index (χ0v) is 13.3. The molecule has 0 saturated heterocycles. The number of hydrogen-bond donors (Lipinski definition) is 1. The standard InChI is InChI=1S/C16H21NO2S/c1-10(2)16-14(8-18)20-15(17-16)9-19-13-6-5-11(3)12(4)7-13/h5-7,10,18H,8-9H2,1-4H3. The second kappa shape index (κ2) is 6.37. The van der Waals surface area contributed by atoms with E-state index in [1.165, 1.54) is 22.5 Å². The summed E-state index contributed by atoms with van der Waals surface area (Å²) < 4.78 is 5.79. The van der Waals surface area contributed by atoms with Crippen LogP contribution in [0.3, 0.4) is 0 Å². The van der Waals surface area contributed by atoms with Gasteiger partial charge in [-0.25, -0.2) is 4.98 Å². The first-order valence-electron chi connectivity index (χ1n) is 6.80. The predicted molar refractivity (Wildman–Crippen MR) is 82.4 cm³/mol. The lowest BCUT2D eigenvalue weighted by Gasteiger charge is -2.06. The Balaban J connectivity index is 2.08. The van der Waals surface area contributed by atoms with Crippen LogP contribution in [0.4, 0.5) is 0 Å². The van der Waals surface area contributed by atoms with E-state index in [0.717, 1.165) is 21.3 Å². The molecular weight excluding hydrogens is 270 g/mol. The molecule has 1 aromatic carbocycles. The van der Waals surface area contributed by atoms with Gasteiger partial charge in [0.25, 0.3) is 0 Å². The number of ether oxygens (including phenoxy) is 1. The van der Waals surface area contributed by atoms with Crippen LogP contribution < -0.4 is 4.74 Å². The van der Waals surface area contributed by atoms with E-state index in [9.17, 15) is 5.11 Å². The van der Waals surface area contributed by atoms with Crippen LogP contribution in [0.25, 0.3) is 0 Å². The van der Waals surface area contributed by atoms with Crippen molar-refractivity contribution in [3.63, 3.8) is 0 Å². The highest BCUT2D eigenvalue weighted by molar-refractivity contribution is 7.11. The highest BCUT2D eigenvalue weighted by Crippen LogP contribution is 2.26. The molecule has 1 aromatic heterocycles. The molecule has 1 heterocycles. The lowest BCUT2D eigenvalue weighted by Crippen LogP contribution is -1.97. The molecule has 2 aromatic rings. The van der Waals surface area contributed by atoms with Gasteiger partial charge >= 0.3 is 0 Å². The number of aliphatic hydroxyl groups is 1. The van der Waals surface area contributed by atoms with Crippen LogP contribution in [0.2, 0.25) is 0 Å². The Bertz CT molecular complexity index is 590. The molecule has 0 bridgehead atoms. The van der Waals surface area contributed by atoms with Crippen molar-refractivity contribution in [1.29, 1.82) is 0 Å². The van der Waals surface area contributed by atoms with Crippen LogP contribution in [-0.4, -0.2) is 10.1 Å². The van der Waals surface area contributed by atoms with Gasteiger partial charge in [-0.2, -0.15) is 0 Å². The second-order valence-electron chi connectivity index (χ2n) is 5.26. The van der Waals surface area contributed by atoms with E-state index >= 15 is 0 Å². The van der Waals surface area contributed by atoms with Crippen LogP contribution in [0.1, 0.15) is 46.5 Å². The van der Waals surface area contributed by atoms with Gasteiger partial charge in [-0.15, -0.1) is 11.3 Å². The molecule has 4 heteroatoms. The van der Waals surface area contributed by atoms with Crippen molar-refractivity contribution in [2.24, 2.45) is 0 Å². The van der Waals surface area contributed by atoms with Crippen molar-refractivity contribution in [2.75, 3.05) is 0 Å². The highest BCUT2D eigenvalue weighted by atomic mass is 32.1. The highest BCUT2D eigenvalue weighted by Gasteiger charge is 2.13. The fourth-order valence-corrected chi connectivity index (χ4v) is 2.99. The van der Waals surface area contributed by atoms with Crippen molar-refractivity contribution in [2.45, 2.75) is 46.8 Å². The lowest BCUT2D eigenvalue weighted by molar-refractivity contribution is 0.283. The number of aryl methyl sites for hydroxylation is 2. The summed E-state index contributed by atoms with van der Waals surface area (Å²) in [6, 6.07) is 6.08. The molecule has 0 aliphatic rings. The van der Waals surface area contributed by atoms with Gasteiger partial charge in [0, 0.05) is 0 Å². The Kier molecular flexibility index (Phi) is 4.78. The van der Waals surface area contributed by atoms with Crippen molar-refractivity contribution >= 4 is 11.3 Å². The van der Waals surface area contributed by atoms with Crippen molar-refractivity contribution in [3.8, 4) is 5.75 Å². The van der Waals surface area contributed by atoms with Crippen LogP contribution in [0, 0.1) is 13.8 Å². The Morgan fingerprint density at radius 2 is 2.00 bits per heavy atom. The molecule has 0 atom stereocenters. The monoisotopic (exact) mass is 291 g/mol. The molecule has 1 N–H and O–H groups in total. The first-order valence-corrected chi connectivity index (χ1v) is 7.62. The number of hydrogen-bond acceptors (Lipinski definition) is 4. The molecule has 0 aliphatic carbocycles. The third kappa shape index (κ3) is 3.38. The van der Waals surface area contributed by atoms with Crippen molar-refractivity contribution < 1.29 is 9.84 Å². The topological polar surface area (TPSA) is 42.4 Å². The van der Waals surface area contributed by atoms with Gasteiger partial charge in [-0.3, -0.25) is 0 Å². The smallest absolute Gasteiger partial charge is 0.140 e. The fraction of sp³-hybridized carbons (Fsp3) is 0.438. The van der Waals surface area contributed by atoms with Gasteiger partial charge in [-0.1, -0.05) is 19.9 Å². The molecule has 0 saturated carbocycles. The first kappa shape index (κ1) is 15.0. The summed E-state index contributed by atoms with van der Waals surface area (Å²) >= 11 is 1.53. The molecule has 0 amide bonds. The minimum atomic E-state index is 0.0504. The van der Waals surface area contributed by atoms with Crippen LogP contribution in [0.15, 0.2) is 18.2 Å². The fourth-order valence-electron chi connectivity index (χ4n) is 1.99. The number of aromatic nitrogens is 1. The molecule has 0 aliphatic heterocycles. The number of aliphatic hydroxyl groups excluding tert-OH is 1. The van der Waals surface area contributed by atoms with Crippen molar-refractivity contribution in [1.82, 2.24) is 4.98 Å². The quantitative estimate of drug-likeness (QED) is 0.907. The predicted octanol–water partition coefficient (Wildman–Crippen LogP) is 3.95. The molecule has 0 fully saturated rings. The van der Waals surface area contributed by atoms with E-state index in [4.69, 9.17) is 4.74 Å². The Hall–Kier alpha value is -1.39. The lowest BCUT2D eigenvalue weighted by atomic mass is 10.1. The maximum Gasteiger partial charge on any atom is 0.140 e. The summed E-state index contributed by atoms with van der Waals surface area (Å²) in [4.78, 5) is 5.51. The van der Waals surface area contributed by atoms with E-state index in [0.29, 0.717) is 12.5 Å². The summed E-state index contributed by atoms with van der Waals surface area (Å²) in [6.07, 6.45) is 0. The van der Waals surface area contributed by atoms with E-state index in [1.807, 2.05) is 12.1 Å². The number of rotatable bonds is 5. The molecule has 0 radical (unpaired) electrons. The van der Waals surface area contributed by atoms with E-state index in [-0.39, 0.29) is 6.61 Å². The van der Waals surface area contributed by atoms with Crippen LogP contribution >= 0.6 is 11.3 Å². The van der Waals surface area contributed by atoms with Crippen molar-refractivity contribution in [3.05, 3.63) is 44.9 Å². The summed E-state index contributed by atoms with van der Waals surface area (Å²) in [5.74, 6) is 1.18. The van der Waals surface area contributed by atoms with Gasteiger partial charge in [0.05, 0.1) is 17.2 Å². The SMILES string of the molecule is Cc1ccc(OCc2nc(C(C)C)c(CO)s2)cc1C. The molecule has 0 spiro atoms. The maximum atomic E-state index is 9.36. The van der Waals surface area contributed by atoms with Gasteiger partial charge in [-0.05, 0) is 43.0 Å². The zero-order valence-electron chi connectivity index (χ0n) is 12.4. The molecule has 2 rings (SSSR count). The van der Waals surface area contributed by atoms with Crippen LogP contribution in [0.5, 0.6) is 5.75 Å². The minimum absolute atomic E-state index is 0.0504. The number of benzene rings is 1. The molecular formula is C16H21NO2S. The largest absolute Gasteiger partial charge is 0.486 e. The van der Waals surface area contributed by atoms with E-state index in [2.05, 4.69) is 38.7 Å². The van der Waals surface area contributed by atoms with Gasteiger partial charge in [0.1, 0.15) is 17.4 Å². The summed E-state index contributed by atoms with van der Waals surface area (Å²) in [7, 11) is 0. The average molecular weight is 291 g/mol. The summed E-state index contributed by atoms with van der Waals surface area (Å²) in [5, 5.41) is 10.3. The Morgan fingerprint density at radius 1 is 1.25 bits per heavy atom. The maximum absolute atomic E-state index is 9.36. The van der Waals surface area contributed by atoms with Crippen LogP contribution in [-0.2, 0) is 13.2 Å². The molecule has 108 valence electrons.